The zero-order chi connectivity index (χ0) is 14.5. The van der Waals surface area contributed by atoms with E-state index < -0.39 is 11.9 Å². The highest BCUT2D eigenvalue weighted by Crippen LogP contribution is 2.26. The van der Waals surface area contributed by atoms with Crippen molar-refractivity contribution in [2.75, 3.05) is 0 Å². The number of hydrogen-bond donors (Lipinski definition) is 3. The summed E-state index contributed by atoms with van der Waals surface area (Å²) in [6.07, 6.45) is 5.29. The van der Waals surface area contributed by atoms with Crippen molar-refractivity contribution >= 4 is 11.7 Å². The average molecular weight is 280 g/mol. The van der Waals surface area contributed by atoms with Crippen molar-refractivity contribution in [2.24, 2.45) is 16.8 Å². The number of aryl methyl sites for hydroxylation is 1. The van der Waals surface area contributed by atoms with Gasteiger partial charge in [-0.2, -0.15) is 0 Å². The minimum absolute atomic E-state index is 0.0292. The molecule has 1 heterocycles. The molecule has 1 atom stereocenters. The second-order valence-corrected chi connectivity index (χ2v) is 5.21. The molecule has 20 heavy (non-hydrogen) atoms. The van der Waals surface area contributed by atoms with E-state index in [2.05, 4.69) is 15.6 Å². The molecule has 0 radical (unpaired) electrons. The quantitative estimate of drug-likeness (QED) is 0.334. The minimum atomic E-state index is -0.474. The summed E-state index contributed by atoms with van der Waals surface area (Å²) < 4.78 is 4.92. The summed E-state index contributed by atoms with van der Waals surface area (Å²) in [5.74, 6) is -0.0454. The van der Waals surface area contributed by atoms with Crippen LogP contribution in [0.5, 0.6) is 0 Å². The molecule has 1 fully saturated rings. The standard InChI is InChI=1S/C13H20N4O3/c1-8-7-10(20-17-8)13(18)15-11(12(14)16-19)9-5-3-2-4-6-9/h7,9,11,19H,2-6H2,1H3,(H2,14,16)(H,15,18). The van der Waals surface area contributed by atoms with Gasteiger partial charge in [0.1, 0.15) is 0 Å². The maximum absolute atomic E-state index is 12.1. The highest BCUT2D eigenvalue weighted by atomic mass is 16.5. The predicted molar refractivity (Wildman–Crippen MR) is 72.5 cm³/mol. The lowest BCUT2D eigenvalue weighted by Crippen LogP contribution is -2.49. The van der Waals surface area contributed by atoms with Gasteiger partial charge >= 0.3 is 0 Å². The highest BCUT2D eigenvalue weighted by molar-refractivity contribution is 5.96. The average Bonchev–Trinajstić information content (AvgIpc) is 2.91. The van der Waals surface area contributed by atoms with Crippen LogP contribution in [0.15, 0.2) is 15.7 Å². The number of nitrogens with one attached hydrogen (secondary N) is 1. The van der Waals surface area contributed by atoms with E-state index in [1.54, 1.807) is 13.0 Å². The van der Waals surface area contributed by atoms with Gasteiger partial charge in [0.25, 0.3) is 5.91 Å². The molecular formula is C13H20N4O3. The summed E-state index contributed by atoms with van der Waals surface area (Å²) in [7, 11) is 0. The second kappa shape index (κ2) is 6.40. The monoisotopic (exact) mass is 280 g/mol. The topological polar surface area (TPSA) is 114 Å². The van der Waals surface area contributed by atoms with E-state index in [1.807, 2.05) is 0 Å². The van der Waals surface area contributed by atoms with E-state index in [0.29, 0.717) is 5.69 Å². The van der Waals surface area contributed by atoms with Crippen LogP contribution in [0.1, 0.15) is 48.4 Å². The number of oxime groups is 1. The molecule has 1 aromatic heterocycles. The summed E-state index contributed by atoms with van der Waals surface area (Å²) in [4.78, 5) is 12.1. The Labute approximate surface area is 117 Å². The van der Waals surface area contributed by atoms with Crippen LogP contribution in [0.3, 0.4) is 0 Å². The Bertz CT molecular complexity index is 492. The van der Waals surface area contributed by atoms with Crippen LogP contribution < -0.4 is 11.1 Å². The van der Waals surface area contributed by atoms with Gasteiger partial charge in [0.05, 0.1) is 11.7 Å². The number of amides is 1. The molecule has 7 nitrogen and oxygen atoms in total. The molecule has 110 valence electrons. The van der Waals surface area contributed by atoms with Crippen molar-refractivity contribution in [3.63, 3.8) is 0 Å². The third kappa shape index (κ3) is 3.28. The largest absolute Gasteiger partial charge is 0.409 e. The first-order valence-corrected chi connectivity index (χ1v) is 6.83. The van der Waals surface area contributed by atoms with E-state index in [-0.39, 0.29) is 17.5 Å². The molecule has 1 aliphatic carbocycles. The fourth-order valence-corrected chi connectivity index (χ4v) is 2.65. The van der Waals surface area contributed by atoms with Crippen molar-refractivity contribution < 1.29 is 14.5 Å². The van der Waals surface area contributed by atoms with E-state index >= 15 is 0 Å². The number of aromatic nitrogens is 1. The molecule has 2 rings (SSSR count). The Hall–Kier alpha value is -2.05. The lowest BCUT2D eigenvalue weighted by Gasteiger charge is -2.29. The summed E-state index contributed by atoms with van der Waals surface area (Å²) in [5.41, 5.74) is 6.35. The molecule has 1 saturated carbocycles. The van der Waals surface area contributed by atoms with Crippen molar-refractivity contribution in [3.8, 4) is 0 Å². The first kappa shape index (κ1) is 14.4. The van der Waals surface area contributed by atoms with Crippen LogP contribution in [-0.2, 0) is 0 Å². The number of carbonyl (C=O) groups excluding carboxylic acids is 1. The van der Waals surface area contributed by atoms with Gasteiger partial charge in [0.2, 0.25) is 5.76 Å². The molecule has 0 saturated heterocycles. The molecule has 0 aliphatic heterocycles. The van der Waals surface area contributed by atoms with Gasteiger partial charge < -0.3 is 20.8 Å². The molecule has 0 aromatic carbocycles. The lowest BCUT2D eigenvalue weighted by atomic mass is 9.83. The van der Waals surface area contributed by atoms with E-state index in [4.69, 9.17) is 15.5 Å². The molecule has 4 N–H and O–H groups in total. The van der Waals surface area contributed by atoms with Gasteiger partial charge in [-0.15, -0.1) is 0 Å². The van der Waals surface area contributed by atoms with Gasteiger partial charge in [-0.25, -0.2) is 0 Å². The second-order valence-electron chi connectivity index (χ2n) is 5.21. The Morgan fingerprint density at radius 2 is 2.25 bits per heavy atom. The molecule has 0 spiro atoms. The zero-order valence-electron chi connectivity index (χ0n) is 11.5. The van der Waals surface area contributed by atoms with Crippen molar-refractivity contribution in [1.82, 2.24) is 10.5 Å². The smallest absolute Gasteiger partial charge is 0.290 e. The normalized spacial score (nSPS) is 18.8. The number of hydrogen-bond acceptors (Lipinski definition) is 5. The van der Waals surface area contributed by atoms with Gasteiger partial charge in [0, 0.05) is 6.07 Å². The highest BCUT2D eigenvalue weighted by Gasteiger charge is 2.29. The summed E-state index contributed by atoms with van der Waals surface area (Å²) >= 11 is 0. The van der Waals surface area contributed by atoms with Gasteiger partial charge in [-0.3, -0.25) is 4.79 Å². The SMILES string of the molecule is Cc1cc(C(=O)NC(C(N)=NO)C2CCCCC2)on1. The Morgan fingerprint density at radius 1 is 1.55 bits per heavy atom. The summed E-state index contributed by atoms with van der Waals surface area (Å²) in [5, 5.41) is 18.4. The van der Waals surface area contributed by atoms with Crippen molar-refractivity contribution in [2.45, 2.75) is 45.1 Å². The Kier molecular flexibility index (Phi) is 4.60. The lowest BCUT2D eigenvalue weighted by molar-refractivity contribution is 0.0893. The van der Waals surface area contributed by atoms with Crippen LogP contribution in [0.25, 0.3) is 0 Å². The number of carbonyl (C=O) groups is 1. The molecule has 0 bridgehead atoms. The van der Waals surface area contributed by atoms with Gasteiger partial charge in [-0.05, 0) is 25.7 Å². The Balaban J connectivity index is 2.09. The van der Waals surface area contributed by atoms with Crippen molar-refractivity contribution in [1.29, 1.82) is 0 Å². The first-order valence-electron chi connectivity index (χ1n) is 6.83. The third-order valence-electron chi connectivity index (χ3n) is 3.69. The third-order valence-corrected chi connectivity index (χ3v) is 3.69. The van der Waals surface area contributed by atoms with E-state index in [9.17, 15) is 4.79 Å². The summed E-state index contributed by atoms with van der Waals surface area (Å²) in [6, 6.07) is 1.08. The maximum atomic E-state index is 12.1. The van der Waals surface area contributed by atoms with Crippen LogP contribution in [0.2, 0.25) is 0 Å². The van der Waals surface area contributed by atoms with Crippen LogP contribution in [0, 0.1) is 12.8 Å². The fraction of sp³-hybridized carbons (Fsp3) is 0.615. The number of amidine groups is 1. The molecule has 1 amide bonds. The number of nitrogens with zero attached hydrogens (tertiary/aromatic N) is 2. The number of nitrogens with two attached hydrogens (primary N) is 1. The predicted octanol–water partition coefficient (Wildman–Crippen LogP) is 1.41. The van der Waals surface area contributed by atoms with Gasteiger partial charge in [0.15, 0.2) is 5.84 Å². The van der Waals surface area contributed by atoms with Crippen LogP contribution >= 0.6 is 0 Å². The van der Waals surface area contributed by atoms with Gasteiger partial charge in [-0.1, -0.05) is 29.6 Å². The fourth-order valence-electron chi connectivity index (χ4n) is 2.65. The molecule has 1 aromatic rings. The van der Waals surface area contributed by atoms with Crippen LogP contribution in [-0.4, -0.2) is 28.1 Å². The Morgan fingerprint density at radius 3 is 2.80 bits per heavy atom. The molecule has 7 heteroatoms. The molecular weight excluding hydrogens is 260 g/mol. The summed E-state index contributed by atoms with van der Waals surface area (Å²) in [6.45, 7) is 1.74. The van der Waals surface area contributed by atoms with Crippen molar-refractivity contribution in [3.05, 3.63) is 17.5 Å². The zero-order valence-corrected chi connectivity index (χ0v) is 11.5. The maximum Gasteiger partial charge on any atom is 0.290 e. The van der Waals surface area contributed by atoms with Crippen LogP contribution in [0.4, 0.5) is 0 Å². The minimum Gasteiger partial charge on any atom is -0.409 e. The first-order chi connectivity index (χ1) is 9.61. The van der Waals surface area contributed by atoms with E-state index in [0.717, 1.165) is 25.7 Å². The number of rotatable bonds is 4. The molecule has 1 aliphatic rings. The van der Waals surface area contributed by atoms with E-state index in [1.165, 1.54) is 6.42 Å². The molecule has 1 unspecified atom stereocenters.